The molecule has 0 spiro atoms. The maximum absolute atomic E-state index is 12.2. The van der Waals surface area contributed by atoms with Crippen LogP contribution in [0.15, 0.2) is 0 Å². The molecule has 0 atom stereocenters. The van der Waals surface area contributed by atoms with Gasteiger partial charge in [0.15, 0.2) is 5.78 Å². The summed E-state index contributed by atoms with van der Waals surface area (Å²) in [5.74, 6) is 0.283. The fraction of sp³-hybridized carbons (Fsp3) is 0.714. The van der Waals surface area contributed by atoms with Crippen LogP contribution in [-0.4, -0.2) is 20.5 Å². The number of aromatic nitrogens is 2. The molecule has 6 nitrogen and oxygen atoms in total. The lowest BCUT2D eigenvalue weighted by molar-refractivity contribution is -0.386. The van der Waals surface area contributed by atoms with Crippen molar-refractivity contribution in [2.75, 3.05) is 0 Å². The molecule has 2 rings (SSSR count). The fourth-order valence-corrected chi connectivity index (χ4v) is 3.00. The number of carbonyl (C=O) groups excluding carboxylic acids is 1. The average Bonchev–Trinajstić information content (AvgIpc) is 3.05. The molecule has 0 bridgehead atoms. The van der Waals surface area contributed by atoms with Gasteiger partial charge in [0, 0.05) is 5.92 Å². The van der Waals surface area contributed by atoms with Crippen LogP contribution in [0.3, 0.4) is 0 Å². The van der Waals surface area contributed by atoms with Crippen LogP contribution >= 0.6 is 0 Å². The lowest BCUT2D eigenvalue weighted by Gasteiger charge is -2.09. The zero-order valence-corrected chi connectivity index (χ0v) is 12.1. The van der Waals surface area contributed by atoms with E-state index < -0.39 is 0 Å². The molecule has 6 heteroatoms. The van der Waals surface area contributed by atoms with Crippen molar-refractivity contribution in [3.63, 3.8) is 0 Å². The van der Waals surface area contributed by atoms with Crippen LogP contribution in [0.2, 0.25) is 0 Å². The molecular formula is C14H21N3O3. The average molecular weight is 279 g/mol. The first-order chi connectivity index (χ1) is 9.58. The highest BCUT2D eigenvalue weighted by molar-refractivity contribution is 5.81. The fourth-order valence-electron chi connectivity index (χ4n) is 3.00. The van der Waals surface area contributed by atoms with Gasteiger partial charge in [-0.3, -0.25) is 19.6 Å². The molecule has 1 aliphatic carbocycles. The molecule has 0 aliphatic heterocycles. The van der Waals surface area contributed by atoms with Gasteiger partial charge < -0.3 is 0 Å². The second kappa shape index (κ2) is 6.15. The van der Waals surface area contributed by atoms with E-state index in [0.717, 1.165) is 25.7 Å². The lowest BCUT2D eigenvalue weighted by atomic mass is 10.0. The number of rotatable bonds is 6. The van der Waals surface area contributed by atoms with Crippen molar-refractivity contribution in [2.24, 2.45) is 5.92 Å². The van der Waals surface area contributed by atoms with Crippen molar-refractivity contribution in [3.8, 4) is 0 Å². The second-order valence-corrected chi connectivity index (χ2v) is 5.31. The number of Topliss-reactive ketones (excluding diaryl/α,β-unsaturated/α-hetero) is 1. The molecule has 0 aromatic carbocycles. The Hall–Kier alpha value is -1.72. The molecular weight excluding hydrogens is 258 g/mol. The molecule has 0 saturated heterocycles. The van der Waals surface area contributed by atoms with Crippen LogP contribution in [0.5, 0.6) is 0 Å². The van der Waals surface area contributed by atoms with Crippen LogP contribution in [0, 0.1) is 16.0 Å². The Morgan fingerprint density at radius 2 is 2.00 bits per heavy atom. The molecule has 1 saturated carbocycles. The van der Waals surface area contributed by atoms with E-state index in [1.54, 1.807) is 4.68 Å². The maximum Gasteiger partial charge on any atom is 0.313 e. The molecule has 0 amide bonds. The summed E-state index contributed by atoms with van der Waals surface area (Å²) < 4.78 is 1.55. The molecule has 0 N–H and O–H groups in total. The Bertz CT molecular complexity index is 516. The zero-order chi connectivity index (χ0) is 14.7. The third-order valence-electron chi connectivity index (χ3n) is 4.07. The standard InChI is InChI=1S/C14H21N3O3/c1-3-11-14(17(19)20)12(4-2)16(15-11)9-13(18)10-7-5-6-8-10/h10H,3-9H2,1-2H3. The van der Waals surface area contributed by atoms with E-state index in [1.807, 2.05) is 13.8 Å². The van der Waals surface area contributed by atoms with E-state index in [0.29, 0.717) is 24.2 Å². The lowest BCUT2D eigenvalue weighted by Crippen LogP contribution is -2.20. The first-order valence-corrected chi connectivity index (χ1v) is 7.34. The van der Waals surface area contributed by atoms with E-state index in [-0.39, 0.29) is 28.9 Å². The van der Waals surface area contributed by atoms with Crippen molar-refractivity contribution < 1.29 is 9.72 Å². The highest BCUT2D eigenvalue weighted by Crippen LogP contribution is 2.28. The van der Waals surface area contributed by atoms with E-state index in [9.17, 15) is 14.9 Å². The van der Waals surface area contributed by atoms with Gasteiger partial charge in [-0.2, -0.15) is 5.10 Å². The zero-order valence-electron chi connectivity index (χ0n) is 12.1. The van der Waals surface area contributed by atoms with Gasteiger partial charge in [0.1, 0.15) is 17.9 Å². The summed E-state index contributed by atoms with van der Waals surface area (Å²) in [5.41, 5.74) is 1.14. The minimum absolute atomic E-state index is 0.0919. The number of ketones is 1. The molecule has 1 heterocycles. The first-order valence-electron chi connectivity index (χ1n) is 7.34. The summed E-state index contributed by atoms with van der Waals surface area (Å²) >= 11 is 0. The van der Waals surface area contributed by atoms with Gasteiger partial charge in [-0.05, 0) is 25.7 Å². The minimum Gasteiger partial charge on any atom is -0.297 e. The van der Waals surface area contributed by atoms with E-state index in [1.165, 1.54) is 0 Å². The van der Waals surface area contributed by atoms with Gasteiger partial charge in [-0.1, -0.05) is 26.7 Å². The van der Waals surface area contributed by atoms with Gasteiger partial charge >= 0.3 is 5.69 Å². The Labute approximate surface area is 118 Å². The van der Waals surface area contributed by atoms with Crippen LogP contribution in [0.1, 0.15) is 50.9 Å². The summed E-state index contributed by atoms with van der Waals surface area (Å²) in [4.78, 5) is 23.0. The van der Waals surface area contributed by atoms with Crippen LogP contribution in [-0.2, 0) is 24.2 Å². The number of aryl methyl sites for hydroxylation is 1. The maximum atomic E-state index is 12.2. The SMILES string of the molecule is CCc1nn(CC(=O)C2CCCC2)c(CC)c1[N+](=O)[O-]. The van der Waals surface area contributed by atoms with Crippen LogP contribution < -0.4 is 0 Å². The minimum atomic E-state index is -0.374. The van der Waals surface area contributed by atoms with Crippen molar-refractivity contribution in [2.45, 2.75) is 58.9 Å². The van der Waals surface area contributed by atoms with Gasteiger partial charge in [-0.15, -0.1) is 0 Å². The normalized spacial score (nSPS) is 15.7. The number of carbonyl (C=O) groups is 1. The third kappa shape index (κ3) is 2.73. The summed E-state index contributed by atoms with van der Waals surface area (Å²) in [6.45, 7) is 3.88. The third-order valence-corrected chi connectivity index (χ3v) is 4.07. The summed E-state index contributed by atoms with van der Waals surface area (Å²) in [5, 5.41) is 15.5. The van der Waals surface area contributed by atoms with Gasteiger partial charge in [0.05, 0.1) is 4.92 Å². The van der Waals surface area contributed by atoms with Gasteiger partial charge in [0.25, 0.3) is 0 Å². The summed E-state index contributed by atoms with van der Waals surface area (Å²) in [6.07, 6.45) is 5.14. The molecule has 0 unspecified atom stereocenters. The Morgan fingerprint density at radius 1 is 1.35 bits per heavy atom. The van der Waals surface area contributed by atoms with Crippen molar-refractivity contribution in [3.05, 3.63) is 21.5 Å². The second-order valence-electron chi connectivity index (χ2n) is 5.31. The van der Waals surface area contributed by atoms with Gasteiger partial charge in [0.2, 0.25) is 0 Å². The van der Waals surface area contributed by atoms with Crippen molar-refractivity contribution in [1.29, 1.82) is 0 Å². The number of nitrogens with zero attached hydrogens (tertiary/aromatic N) is 3. The quantitative estimate of drug-likeness (QED) is 0.592. The van der Waals surface area contributed by atoms with Crippen LogP contribution in [0.4, 0.5) is 5.69 Å². The summed E-state index contributed by atoms with van der Waals surface area (Å²) in [6, 6.07) is 0. The van der Waals surface area contributed by atoms with Crippen molar-refractivity contribution in [1.82, 2.24) is 9.78 Å². The highest BCUT2D eigenvalue weighted by Gasteiger charge is 2.28. The first kappa shape index (κ1) is 14.7. The molecule has 1 aliphatic rings. The topological polar surface area (TPSA) is 78.0 Å². The van der Waals surface area contributed by atoms with Crippen LogP contribution in [0.25, 0.3) is 0 Å². The summed E-state index contributed by atoms with van der Waals surface area (Å²) in [7, 11) is 0. The smallest absolute Gasteiger partial charge is 0.297 e. The molecule has 20 heavy (non-hydrogen) atoms. The Kier molecular flexibility index (Phi) is 4.52. The molecule has 1 aromatic rings. The van der Waals surface area contributed by atoms with Gasteiger partial charge in [-0.25, -0.2) is 0 Å². The monoisotopic (exact) mass is 279 g/mol. The predicted octanol–water partition coefficient (Wildman–Crippen LogP) is 2.68. The molecule has 1 fully saturated rings. The van der Waals surface area contributed by atoms with E-state index >= 15 is 0 Å². The Balaban J connectivity index is 2.26. The van der Waals surface area contributed by atoms with E-state index in [2.05, 4.69) is 5.10 Å². The molecule has 0 radical (unpaired) electrons. The number of nitro groups is 1. The highest BCUT2D eigenvalue weighted by atomic mass is 16.6. The predicted molar refractivity (Wildman–Crippen MR) is 74.6 cm³/mol. The number of hydrogen-bond acceptors (Lipinski definition) is 4. The molecule has 1 aromatic heterocycles. The van der Waals surface area contributed by atoms with E-state index in [4.69, 9.17) is 0 Å². The largest absolute Gasteiger partial charge is 0.313 e. The molecule has 110 valence electrons. The Morgan fingerprint density at radius 3 is 2.50 bits per heavy atom. The van der Waals surface area contributed by atoms with Crippen molar-refractivity contribution >= 4 is 11.5 Å². The number of hydrogen-bond donors (Lipinski definition) is 0.